The molecule has 1 aliphatic rings. The van der Waals surface area contributed by atoms with Gasteiger partial charge < -0.3 is 10.2 Å². The Labute approximate surface area is 181 Å². The van der Waals surface area contributed by atoms with E-state index in [2.05, 4.69) is 5.32 Å². The van der Waals surface area contributed by atoms with Crippen LogP contribution >= 0.6 is 0 Å². The van der Waals surface area contributed by atoms with Crippen LogP contribution in [0.25, 0.3) is 0 Å². The highest BCUT2D eigenvalue weighted by Gasteiger charge is 2.24. The van der Waals surface area contributed by atoms with Crippen molar-refractivity contribution in [3.63, 3.8) is 0 Å². The fourth-order valence-electron chi connectivity index (χ4n) is 3.61. The van der Waals surface area contributed by atoms with E-state index in [1.54, 1.807) is 23.1 Å². The van der Waals surface area contributed by atoms with E-state index in [1.165, 1.54) is 18.2 Å². The van der Waals surface area contributed by atoms with Gasteiger partial charge in [0, 0.05) is 37.3 Å². The van der Waals surface area contributed by atoms with E-state index in [-0.39, 0.29) is 36.9 Å². The van der Waals surface area contributed by atoms with Gasteiger partial charge in [-0.3, -0.25) is 13.9 Å². The zero-order valence-electron chi connectivity index (χ0n) is 17.6. The second-order valence-electron chi connectivity index (χ2n) is 7.59. The van der Waals surface area contributed by atoms with Crippen LogP contribution in [0.4, 0.5) is 21.5 Å². The molecule has 1 N–H and O–H groups in total. The maximum atomic E-state index is 14.1. The number of aryl methyl sites for hydroxylation is 1. The van der Waals surface area contributed by atoms with Crippen molar-refractivity contribution in [3.8, 4) is 0 Å². The van der Waals surface area contributed by atoms with Crippen LogP contribution in [0.1, 0.15) is 31.2 Å². The Balaban J connectivity index is 1.62. The fourth-order valence-corrected chi connectivity index (χ4v) is 4.57. The van der Waals surface area contributed by atoms with Crippen molar-refractivity contribution in [2.24, 2.45) is 0 Å². The van der Waals surface area contributed by atoms with E-state index >= 15 is 0 Å². The molecule has 0 spiro atoms. The van der Waals surface area contributed by atoms with E-state index in [0.717, 1.165) is 28.2 Å². The molecule has 1 aliphatic heterocycles. The van der Waals surface area contributed by atoms with Gasteiger partial charge in [0.05, 0.1) is 11.9 Å². The Bertz CT molecular complexity index is 1090. The minimum absolute atomic E-state index is 0.0192. The summed E-state index contributed by atoms with van der Waals surface area (Å²) in [4.78, 5) is 26.2. The third-order valence-electron chi connectivity index (χ3n) is 5.14. The number of hydrogen-bond acceptors (Lipinski definition) is 4. The highest BCUT2D eigenvalue weighted by Crippen LogP contribution is 2.28. The Morgan fingerprint density at radius 2 is 1.97 bits per heavy atom. The molecule has 1 fully saturated rings. The van der Waals surface area contributed by atoms with Crippen molar-refractivity contribution in [2.45, 2.75) is 32.6 Å². The molecule has 0 aromatic heterocycles. The average molecular weight is 448 g/mol. The number of para-hydroxylation sites is 1. The zero-order valence-corrected chi connectivity index (χ0v) is 18.4. The average Bonchev–Trinajstić information content (AvgIpc) is 3.12. The standard InChI is InChI=1S/C22H26FN3O4S/c1-16-11-12-17(15-20(16)25-13-6-10-22(25)28)24-21(27)9-5-14-26(31(2,29)30)19-8-4-3-7-18(19)23/h3-4,7-8,11-12,15H,5-6,9-10,13-14H2,1-2H3,(H,24,27). The van der Waals surface area contributed by atoms with E-state index in [0.29, 0.717) is 18.7 Å². The van der Waals surface area contributed by atoms with Crippen molar-refractivity contribution in [3.05, 3.63) is 53.8 Å². The molecule has 2 aromatic carbocycles. The largest absolute Gasteiger partial charge is 0.326 e. The van der Waals surface area contributed by atoms with Crippen LogP contribution in [-0.2, 0) is 19.6 Å². The summed E-state index contributed by atoms with van der Waals surface area (Å²) in [7, 11) is -3.70. The number of nitrogens with one attached hydrogen (secondary N) is 1. The number of anilines is 3. The molecular weight excluding hydrogens is 421 g/mol. The van der Waals surface area contributed by atoms with Gasteiger partial charge in [0.15, 0.2) is 0 Å². The second-order valence-corrected chi connectivity index (χ2v) is 9.50. The summed E-state index contributed by atoms with van der Waals surface area (Å²) >= 11 is 0. The van der Waals surface area contributed by atoms with Crippen molar-refractivity contribution in [1.82, 2.24) is 0 Å². The summed E-state index contributed by atoms with van der Waals surface area (Å²) in [5, 5.41) is 2.79. The van der Waals surface area contributed by atoms with Gasteiger partial charge in [-0.2, -0.15) is 0 Å². The third kappa shape index (κ3) is 5.61. The Hall–Kier alpha value is -2.94. The highest BCUT2D eigenvalue weighted by atomic mass is 32.2. The number of sulfonamides is 1. The number of halogens is 1. The van der Waals surface area contributed by atoms with Gasteiger partial charge in [-0.1, -0.05) is 18.2 Å². The summed E-state index contributed by atoms with van der Waals surface area (Å²) < 4.78 is 39.2. The molecule has 0 unspecified atom stereocenters. The number of benzene rings is 2. The number of hydrogen-bond donors (Lipinski definition) is 1. The first-order valence-corrected chi connectivity index (χ1v) is 11.9. The molecule has 2 amide bonds. The SMILES string of the molecule is Cc1ccc(NC(=O)CCCN(c2ccccc2F)S(C)(=O)=O)cc1N1CCCC1=O. The molecule has 9 heteroatoms. The van der Waals surface area contributed by atoms with Crippen LogP contribution in [-0.4, -0.2) is 39.6 Å². The number of rotatable bonds is 8. The molecule has 1 heterocycles. The Kier molecular flexibility index (Phi) is 6.94. The minimum Gasteiger partial charge on any atom is -0.326 e. The summed E-state index contributed by atoms with van der Waals surface area (Å²) in [5.74, 6) is -0.855. The van der Waals surface area contributed by atoms with Crippen LogP contribution in [0, 0.1) is 12.7 Å². The lowest BCUT2D eigenvalue weighted by atomic mass is 10.1. The summed E-state index contributed by atoms with van der Waals surface area (Å²) in [6.45, 7) is 2.55. The molecule has 0 bridgehead atoms. The van der Waals surface area contributed by atoms with Crippen LogP contribution in [0.15, 0.2) is 42.5 Å². The molecule has 31 heavy (non-hydrogen) atoms. The predicted octanol–water partition coefficient (Wildman–Crippen LogP) is 3.45. The summed E-state index contributed by atoms with van der Waals surface area (Å²) in [6.07, 6.45) is 2.62. The molecule has 0 aliphatic carbocycles. The lowest BCUT2D eigenvalue weighted by Gasteiger charge is -2.22. The van der Waals surface area contributed by atoms with Crippen molar-refractivity contribution in [2.75, 3.05) is 33.9 Å². The van der Waals surface area contributed by atoms with Crippen LogP contribution in [0.2, 0.25) is 0 Å². The molecule has 166 valence electrons. The zero-order chi connectivity index (χ0) is 22.6. The number of carbonyl (C=O) groups excluding carboxylic acids is 2. The molecule has 0 saturated carbocycles. The smallest absolute Gasteiger partial charge is 0.232 e. The lowest BCUT2D eigenvalue weighted by Crippen LogP contribution is -2.32. The molecule has 7 nitrogen and oxygen atoms in total. The first kappa shape index (κ1) is 22.7. The van der Waals surface area contributed by atoms with Crippen LogP contribution in [0.5, 0.6) is 0 Å². The van der Waals surface area contributed by atoms with Crippen molar-refractivity contribution >= 4 is 38.9 Å². The quantitative estimate of drug-likeness (QED) is 0.672. The first-order valence-electron chi connectivity index (χ1n) is 10.1. The molecule has 0 radical (unpaired) electrons. The van der Waals surface area contributed by atoms with Gasteiger partial charge in [-0.05, 0) is 49.6 Å². The van der Waals surface area contributed by atoms with E-state index in [9.17, 15) is 22.4 Å². The maximum absolute atomic E-state index is 14.1. The molecule has 0 atom stereocenters. The predicted molar refractivity (Wildman–Crippen MR) is 119 cm³/mol. The fraction of sp³-hybridized carbons (Fsp3) is 0.364. The highest BCUT2D eigenvalue weighted by molar-refractivity contribution is 7.92. The molecule has 1 saturated heterocycles. The first-order chi connectivity index (χ1) is 14.7. The van der Waals surface area contributed by atoms with Crippen molar-refractivity contribution < 1.29 is 22.4 Å². The van der Waals surface area contributed by atoms with Crippen LogP contribution in [0.3, 0.4) is 0 Å². The maximum Gasteiger partial charge on any atom is 0.232 e. The lowest BCUT2D eigenvalue weighted by molar-refractivity contribution is -0.117. The van der Waals surface area contributed by atoms with Crippen LogP contribution < -0.4 is 14.5 Å². The van der Waals surface area contributed by atoms with Gasteiger partial charge in [0.1, 0.15) is 5.82 Å². The number of amides is 2. The molecule has 2 aromatic rings. The summed E-state index contributed by atoms with van der Waals surface area (Å²) in [6, 6.07) is 11.0. The number of nitrogens with zero attached hydrogens (tertiary/aromatic N) is 2. The third-order valence-corrected chi connectivity index (χ3v) is 6.32. The minimum atomic E-state index is -3.70. The Morgan fingerprint density at radius 1 is 1.23 bits per heavy atom. The van der Waals surface area contributed by atoms with Gasteiger partial charge in [0.2, 0.25) is 21.8 Å². The van der Waals surface area contributed by atoms with E-state index in [4.69, 9.17) is 0 Å². The van der Waals surface area contributed by atoms with E-state index in [1.807, 2.05) is 13.0 Å². The number of carbonyl (C=O) groups is 2. The van der Waals surface area contributed by atoms with Gasteiger partial charge in [0.25, 0.3) is 0 Å². The van der Waals surface area contributed by atoms with Gasteiger partial charge in [-0.25, -0.2) is 12.8 Å². The van der Waals surface area contributed by atoms with Gasteiger partial charge >= 0.3 is 0 Å². The summed E-state index contributed by atoms with van der Waals surface area (Å²) in [5.41, 5.74) is 2.26. The Morgan fingerprint density at radius 3 is 2.61 bits per heavy atom. The second kappa shape index (κ2) is 9.47. The normalized spacial score (nSPS) is 14.0. The molecule has 3 rings (SSSR count). The van der Waals surface area contributed by atoms with E-state index < -0.39 is 15.8 Å². The topological polar surface area (TPSA) is 86.8 Å². The van der Waals surface area contributed by atoms with Crippen molar-refractivity contribution in [1.29, 1.82) is 0 Å². The monoisotopic (exact) mass is 447 g/mol. The molecular formula is C22H26FN3O4S. The van der Waals surface area contributed by atoms with Gasteiger partial charge in [-0.15, -0.1) is 0 Å².